The molecule has 1 saturated carbocycles. The lowest BCUT2D eigenvalue weighted by molar-refractivity contribution is -0.127. The normalized spacial score (nSPS) is 19.0. The fourth-order valence-electron chi connectivity index (χ4n) is 2.65. The largest absolute Gasteiger partial charge is 0.496 e. The summed E-state index contributed by atoms with van der Waals surface area (Å²) in [6.07, 6.45) is 3.42. The highest BCUT2D eigenvalue weighted by atomic mass is 16.5. The Balaban J connectivity index is 1.69. The zero-order valence-electron chi connectivity index (χ0n) is 13.9. The molecule has 2 rings (SSSR count). The van der Waals surface area contributed by atoms with Crippen LogP contribution in [0, 0.1) is 11.8 Å². The lowest BCUT2D eigenvalue weighted by Crippen LogP contribution is -2.31. The molecular weight excluding hydrogens is 292 g/mol. The molecule has 2 amide bonds. The van der Waals surface area contributed by atoms with Gasteiger partial charge in [-0.05, 0) is 30.9 Å². The summed E-state index contributed by atoms with van der Waals surface area (Å²) in [6.45, 7) is 3.34. The van der Waals surface area contributed by atoms with Gasteiger partial charge in [-0.2, -0.15) is 0 Å². The maximum atomic E-state index is 12.1. The van der Waals surface area contributed by atoms with Gasteiger partial charge in [0.15, 0.2) is 0 Å². The van der Waals surface area contributed by atoms with E-state index in [1.807, 2.05) is 24.3 Å². The van der Waals surface area contributed by atoms with E-state index in [1.54, 1.807) is 7.11 Å². The van der Waals surface area contributed by atoms with E-state index >= 15 is 0 Å². The third-order valence-electron chi connectivity index (χ3n) is 4.18. The van der Waals surface area contributed by atoms with Crippen molar-refractivity contribution in [1.82, 2.24) is 10.6 Å². The first-order valence-electron chi connectivity index (χ1n) is 8.34. The van der Waals surface area contributed by atoms with Crippen molar-refractivity contribution in [2.24, 2.45) is 11.8 Å². The average Bonchev–Trinajstić information content (AvgIpc) is 3.36. The van der Waals surface area contributed by atoms with E-state index < -0.39 is 0 Å². The standard InChI is InChI=1S/C18H26N2O3/c1-3-4-10-19-17(21)14-12-15(14)18(22)20-11-9-13-7-5-6-8-16(13)23-2/h5-8,14-15H,3-4,9-12H2,1-2H3,(H,19,21)(H,20,22). The van der Waals surface area contributed by atoms with E-state index in [9.17, 15) is 9.59 Å². The lowest BCUT2D eigenvalue weighted by atomic mass is 10.1. The summed E-state index contributed by atoms with van der Waals surface area (Å²) < 4.78 is 5.29. The Bertz CT molecular complexity index is 545. The molecule has 1 aromatic carbocycles. The van der Waals surface area contributed by atoms with Crippen LogP contribution < -0.4 is 15.4 Å². The van der Waals surface area contributed by atoms with Crippen molar-refractivity contribution in [2.45, 2.75) is 32.6 Å². The smallest absolute Gasteiger partial charge is 0.223 e. The minimum Gasteiger partial charge on any atom is -0.496 e. The van der Waals surface area contributed by atoms with Crippen molar-refractivity contribution < 1.29 is 14.3 Å². The molecule has 5 nitrogen and oxygen atoms in total. The zero-order chi connectivity index (χ0) is 16.7. The number of hydrogen-bond donors (Lipinski definition) is 2. The minimum atomic E-state index is -0.158. The van der Waals surface area contributed by atoms with Gasteiger partial charge < -0.3 is 15.4 Å². The van der Waals surface area contributed by atoms with Gasteiger partial charge in [-0.3, -0.25) is 9.59 Å². The van der Waals surface area contributed by atoms with E-state index in [0.29, 0.717) is 19.5 Å². The summed E-state index contributed by atoms with van der Waals surface area (Å²) in [5.41, 5.74) is 1.07. The highest BCUT2D eigenvalue weighted by Gasteiger charge is 2.47. The fraction of sp³-hybridized carbons (Fsp3) is 0.556. The van der Waals surface area contributed by atoms with E-state index in [-0.39, 0.29) is 23.7 Å². The van der Waals surface area contributed by atoms with Gasteiger partial charge in [0.1, 0.15) is 5.75 Å². The number of amides is 2. The molecular formula is C18H26N2O3. The molecule has 0 spiro atoms. The Hall–Kier alpha value is -2.04. The maximum Gasteiger partial charge on any atom is 0.223 e. The summed E-state index contributed by atoms with van der Waals surface area (Å²) in [5.74, 6) is 0.535. The molecule has 1 fully saturated rings. The highest BCUT2D eigenvalue weighted by molar-refractivity contribution is 5.92. The van der Waals surface area contributed by atoms with E-state index in [0.717, 1.165) is 30.6 Å². The predicted molar refractivity (Wildman–Crippen MR) is 89.2 cm³/mol. The molecule has 0 aromatic heterocycles. The van der Waals surface area contributed by atoms with Gasteiger partial charge in [-0.25, -0.2) is 0 Å². The fourth-order valence-corrected chi connectivity index (χ4v) is 2.65. The molecule has 1 aliphatic carbocycles. The van der Waals surface area contributed by atoms with Crippen molar-refractivity contribution in [3.05, 3.63) is 29.8 Å². The van der Waals surface area contributed by atoms with Gasteiger partial charge in [-0.1, -0.05) is 31.5 Å². The highest BCUT2D eigenvalue weighted by Crippen LogP contribution is 2.38. The molecule has 0 bridgehead atoms. The number of methoxy groups -OCH3 is 1. The molecule has 0 radical (unpaired) electrons. The third kappa shape index (κ3) is 4.98. The van der Waals surface area contributed by atoms with Crippen LogP contribution in [0.4, 0.5) is 0 Å². The first-order valence-corrected chi connectivity index (χ1v) is 8.34. The van der Waals surface area contributed by atoms with Crippen LogP contribution in [-0.2, 0) is 16.0 Å². The SMILES string of the molecule is CCCCNC(=O)C1CC1C(=O)NCCc1ccccc1OC. The number of carbonyl (C=O) groups is 2. The molecule has 0 heterocycles. The Labute approximate surface area is 137 Å². The predicted octanol–water partition coefficient (Wildman–Crippen LogP) is 1.91. The van der Waals surface area contributed by atoms with Crippen molar-refractivity contribution >= 4 is 11.8 Å². The monoisotopic (exact) mass is 318 g/mol. The average molecular weight is 318 g/mol. The van der Waals surface area contributed by atoms with Crippen molar-refractivity contribution in [3.8, 4) is 5.75 Å². The number of nitrogens with one attached hydrogen (secondary N) is 2. The molecule has 2 atom stereocenters. The maximum absolute atomic E-state index is 12.1. The van der Waals surface area contributed by atoms with Crippen LogP contribution in [0.15, 0.2) is 24.3 Å². The van der Waals surface area contributed by atoms with Gasteiger partial charge in [0, 0.05) is 13.1 Å². The summed E-state index contributed by atoms with van der Waals surface area (Å²) >= 11 is 0. The summed E-state index contributed by atoms with van der Waals surface area (Å²) in [4.78, 5) is 23.9. The van der Waals surface area contributed by atoms with Crippen LogP contribution in [0.3, 0.4) is 0 Å². The molecule has 1 aliphatic rings. The second-order valence-electron chi connectivity index (χ2n) is 5.95. The molecule has 5 heteroatoms. The topological polar surface area (TPSA) is 67.4 Å². The molecule has 0 saturated heterocycles. The van der Waals surface area contributed by atoms with Crippen LogP contribution in [0.1, 0.15) is 31.7 Å². The molecule has 0 aliphatic heterocycles. The second-order valence-corrected chi connectivity index (χ2v) is 5.95. The van der Waals surface area contributed by atoms with E-state index in [2.05, 4.69) is 17.6 Å². The van der Waals surface area contributed by atoms with Gasteiger partial charge >= 0.3 is 0 Å². The summed E-state index contributed by atoms with van der Waals surface area (Å²) in [5, 5.41) is 5.81. The lowest BCUT2D eigenvalue weighted by Gasteiger charge is -2.09. The van der Waals surface area contributed by atoms with Crippen LogP contribution in [0.5, 0.6) is 5.75 Å². The summed E-state index contributed by atoms with van der Waals surface area (Å²) in [7, 11) is 1.64. The van der Waals surface area contributed by atoms with Gasteiger partial charge in [0.2, 0.25) is 11.8 Å². The van der Waals surface area contributed by atoms with Gasteiger partial charge in [0.25, 0.3) is 0 Å². The van der Waals surface area contributed by atoms with Crippen LogP contribution in [0.25, 0.3) is 0 Å². The number of unbranched alkanes of at least 4 members (excludes halogenated alkanes) is 1. The molecule has 1 aromatic rings. The molecule has 2 unspecified atom stereocenters. The van der Waals surface area contributed by atoms with Crippen molar-refractivity contribution in [1.29, 1.82) is 0 Å². The minimum absolute atomic E-state index is 0.0170. The van der Waals surface area contributed by atoms with Gasteiger partial charge in [-0.15, -0.1) is 0 Å². The number of para-hydroxylation sites is 1. The first-order chi connectivity index (χ1) is 11.2. The number of benzene rings is 1. The third-order valence-corrected chi connectivity index (χ3v) is 4.18. The van der Waals surface area contributed by atoms with Crippen LogP contribution >= 0.6 is 0 Å². The van der Waals surface area contributed by atoms with Crippen molar-refractivity contribution in [2.75, 3.05) is 20.2 Å². The summed E-state index contributed by atoms with van der Waals surface area (Å²) in [6, 6.07) is 7.78. The Morgan fingerprint density at radius 1 is 1.13 bits per heavy atom. The second kappa shape index (κ2) is 8.56. The van der Waals surface area contributed by atoms with Gasteiger partial charge in [0.05, 0.1) is 18.9 Å². The van der Waals surface area contributed by atoms with Crippen LogP contribution in [-0.4, -0.2) is 32.0 Å². The number of ether oxygens (including phenoxy) is 1. The molecule has 126 valence electrons. The number of hydrogen-bond acceptors (Lipinski definition) is 3. The van der Waals surface area contributed by atoms with E-state index in [1.165, 1.54) is 0 Å². The Morgan fingerprint density at radius 2 is 1.78 bits per heavy atom. The quantitative estimate of drug-likeness (QED) is 0.684. The number of rotatable bonds is 9. The molecule has 2 N–H and O–H groups in total. The van der Waals surface area contributed by atoms with Crippen molar-refractivity contribution in [3.63, 3.8) is 0 Å². The Morgan fingerprint density at radius 3 is 2.43 bits per heavy atom. The number of carbonyl (C=O) groups excluding carboxylic acids is 2. The molecule has 23 heavy (non-hydrogen) atoms. The first kappa shape index (κ1) is 17.3. The Kier molecular flexibility index (Phi) is 6.44. The zero-order valence-corrected chi connectivity index (χ0v) is 13.9. The van der Waals surface area contributed by atoms with E-state index in [4.69, 9.17) is 4.74 Å². The van der Waals surface area contributed by atoms with Crippen LogP contribution in [0.2, 0.25) is 0 Å².